The normalized spacial score (nSPS) is 11.9. The van der Waals surface area contributed by atoms with E-state index in [1.54, 1.807) is 31.2 Å². The topological polar surface area (TPSA) is 66.8 Å². The maximum absolute atomic E-state index is 12.9. The molecule has 0 saturated carbocycles. The van der Waals surface area contributed by atoms with Crippen LogP contribution in [-0.4, -0.2) is 22.8 Å². The molecule has 1 unspecified atom stereocenters. The number of carbonyl (C=O) groups is 1. The fourth-order valence-electron chi connectivity index (χ4n) is 3.30. The lowest BCUT2D eigenvalue weighted by molar-refractivity contribution is -0.145. The van der Waals surface area contributed by atoms with Gasteiger partial charge in [0.25, 0.3) is 0 Å². The quantitative estimate of drug-likeness (QED) is 0.630. The van der Waals surface area contributed by atoms with Gasteiger partial charge in [-0.3, -0.25) is 4.79 Å². The van der Waals surface area contributed by atoms with Gasteiger partial charge in [0.15, 0.2) is 0 Å². The first kappa shape index (κ1) is 18.5. The first-order valence-corrected chi connectivity index (χ1v) is 8.89. The van der Waals surface area contributed by atoms with E-state index in [2.05, 4.69) is 0 Å². The van der Waals surface area contributed by atoms with Crippen LogP contribution in [0.4, 0.5) is 0 Å². The summed E-state index contributed by atoms with van der Waals surface area (Å²) >= 11 is 0. The average molecular weight is 362 g/mol. The summed E-state index contributed by atoms with van der Waals surface area (Å²) in [6.45, 7) is 2.08. The van der Waals surface area contributed by atoms with Crippen molar-refractivity contribution in [2.45, 2.75) is 18.8 Å². The molecule has 0 spiro atoms. The molecule has 4 heteroatoms. The maximum atomic E-state index is 12.9. The Balaban J connectivity index is 2.16. The van der Waals surface area contributed by atoms with Crippen molar-refractivity contribution in [1.82, 2.24) is 0 Å². The minimum atomic E-state index is -0.555. The molecule has 0 fully saturated rings. The summed E-state index contributed by atoms with van der Waals surface area (Å²) in [5.41, 5.74) is 2.60. The fourth-order valence-corrected chi connectivity index (χ4v) is 3.30. The Morgan fingerprint density at radius 1 is 0.778 bits per heavy atom. The second kappa shape index (κ2) is 8.41. The molecule has 0 aliphatic rings. The molecule has 4 nitrogen and oxygen atoms in total. The summed E-state index contributed by atoms with van der Waals surface area (Å²) in [5, 5.41) is 19.3. The van der Waals surface area contributed by atoms with E-state index in [9.17, 15) is 15.0 Å². The highest BCUT2D eigenvalue weighted by Gasteiger charge is 2.33. The summed E-state index contributed by atoms with van der Waals surface area (Å²) in [7, 11) is 0. The summed E-state index contributed by atoms with van der Waals surface area (Å²) in [5.74, 6) is -0.867. The third kappa shape index (κ3) is 4.29. The van der Waals surface area contributed by atoms with Crippen molar-refractivity contribution in [2.24, 2.45) is 0 Å². The molecular weight excluding hydrogens is 340 g/mol. The van der Waals surface area contributed by atoms with Gasteiger partial charge in [0.05, 0.1) is 12.5 Å². The molecule has 27 heavy (non-hydrogen) atoms. The number of benzene rings is 3. The van der Waals surface area contributed by atoms with Crippen molar-refractivity contribution >= 4 is 5.97 Å². The summed E-state index contributed by atoms with van der Waals surface area (Å²) < 4.78 is 5.39. The van der Waals surface area contributed by atoms with Crippen molar-refractivity contribution in [2.75, 3.05) is 6.61 Å². The monoisotopic (exact) mass is 362 g/mol. The van der Waals surface area contributed by atoms with Gasteiger partial charge in [-0.25, -0.2) is 0 Å². The van der Waals surface area contributed by atoms with Crippen LogP contribution in [0.2, 0.25) is 0 Å². The average Bonchev–Trinajstić information content (AvgIpc) is 2.69. The highest BCUT2D eigenvalue weighted by Crippen LogP contribution is 2.40. The Labute approximate surface area is 158 Å². The zero-order valence-electron chi connectivity index (χ0n) is 15.1. The highest BCUT2D eigenvalue weighted by molar-refractivity contribution is 5.80. The lowest BCUT2D eigenvalue weighted by Crippen LogP contribution is -2.24. The number of phenols is 2. The van der Waals surface area contributed by atoms with Crippen molar-refractivity contribution in [3.8, 4) is 11.5 Å². The van der Waals surface area contributed by atoms with Gasteiger partial charge in [0.2, 0.25) is 0 Å². The van der Waals surface area contributed by atoms with Gasteiger partial charge < -0.3 is 14.9 Å². The van der Waals surface area contributed by atoms with E-state index in [4.69, 9.17) is 4.74 Å². The van der Waals surface area contributed by atoms with Crippen LogP contribution in [0.15, 0.2) is 78.9 Å². The van der Waals surface area contributed by atoms with Crippen molar-refractivity contribution < 1.29 is 19.7 Å². The zero-order chi connectivity index (χ0) is 19.2. The third-order valence-corrected chi connectivity index (χ3v) is 4.54. The molecule has 0 heterocycles. The van der Waals surface area contributed by atoms with Crippen LogP contribution in [0.25, 0.3) is 0 Å². The molecule has 1 atom stereocenters. The van der Waals surface area contributed by atoms with E-state index in [0.717, 1.165) is 16.7 Å². The number of carbonyl (C=O) groups excluding carboxylic acids is 1. The number of hydrogen-bond acceptors (Lipinski definition) is 4. The van der Waals surface area contributed by atoms with Crippen LogP contribution in [0, 0.1) is 0 Å². The van der Waals surface area contributed by atoms with Crippen molar-refractivity contribution in [3.05, 3.63) is 95.6 Å². The second-order valence-corrected chi connectivity index (χ2v) is 6.30. The predicted octanol–water partition coefficient (Wildman–Crippen LogP) is 4.58. The predicted molar refractivity (Wildman–Crippen MR) is 104 cm³/mol. The van der Waals surface area contributed by atoms with Gasteiger partial charge in [-0.15, -0.1) is 0 Å². The van der Waals surface area contributed by atoms with Crippen LogP contribution < -0.4 is 0 Å². The largest absolute Gasteiger partial charge is 0.508 e. The number of aromatic hydroxyl groups is 2. The summed E-state index contributed by atoms with van der Waals surface area (Å²) in [4.78, 5) is 12.9. The number of esters is 1. The van der Waals surface area contributed by atoms with Crippen LogP contribution in [-0.2, 0) is 9.53 Å². The van der Waals surface area contributed by atoms with E-state index in [0.29, 0.717) is 6.61 Å². The molecule has 3 rings (SSSR count). The second-order valence-electron chi connectivity index (χ2n) is 6.30. The van der Waals surface area contributed by atoms with Gasteiger partial charge in [-0.2, -0.15) is 0 Å². The summed E-state index contributed by atoms with van der Waals surface area (Å²) in [6, 6.07) is 23.2. The Hall–Kier alpha value is -3.27. The maximum Gasteiger partial charge on any atom is 0.314 e. The van der Waals surface area contributed by atoms with Gasteiger partial charge in [-0.05, 0) is 47.9 Å². The number of ether oxygens (including phenoxy) is 1. The number of rotatable bonds is 6. The van der Waals surface area contributed by atoms with E-state index < -0.39 is 5.92 Å². The van der Waals surface area contributed by atoms with Crippen LogP contribution in [0.1, 0.15) is 35.4 Å². The van der Waals surface area contributed by atoms with Crippen LogP contribution in [0.5, 0.6) is 11.5 Å². The molecule has 0 aromatic heterocycles. The smallest absolute Gasteiger partial charge is 0.314 e. The Bertz CT molecular complexity index is 825. The molecule has 0 aliphatic heterocycles. The molecule has 0 bridgehead atoms. The molecule has 138 valence electrons. The Morgan fingerprint density at radius 2 is 1.26 bits per heavy atom. The molecule has 0 radical (unpaired) electrons. The minimum absolute atomic E-state index is 0.163. The zero-order valence-corrected chi connectivity index (χ0v) is 15.1. The molecular formula is C23H22O4. The van der Waals surface area contributed by atoms with Gasteiger partial charge in [0.1, 0.15) is 11.5 Å². The first-order valence-electron chi connectivity index (χ1n) is 8.89. The minimum Gasteiger partial charge on any atom is -0.508 e. The third-order valence-electron chi connectivity index (χ3n) is 4.54. The van der Waals surface area contributed by atoms with Crippen LogP contribution >= 0.6 is 0 Å². The Morgan fingerprint density at radius 3 is 1.70 bits per heavy atom. The van der Waals surface area contributed by atoms with Gasteiger partial charge in [-0.1, -0.05) is 54.6 Å². The molecule has 3 aromatic rings. The molecule has 2 N–H and O–H groups in total. The number of hydrogen-bond donors (Lipinski definition) is 2. The fraction of sp³-hybridized carbons (Fsp3) is 0.174. The van der Waals surface area contributed by atoms with Crippen molar-refractivity contribution in [3.63, 3.8) is 0 Å². The van der Waals surface area contributed by atoms with Gasteiger partial charge in [0, 0.05) is 5.92 Å². The van der Waals surface area contributed by atoms with Gasteiger partial charge >= 0.3 is 5.97 Å². The van der Waals surface area contributed by atoms with Crippen molar-refractivity contribution in [1.29, 1.82) is 0 Å². The SMILES string of the molecule is CCOC(=O)C(c1ccccc1)C(c1ccc(O)cc1)c1ccc(O)cc1. The molecule has 0 saturated heterocycles. The molecule has 3 aromatic carbocycles. The molecule has 0 amide bonds. The van der Waals surface area contributed by atoms with E-state index in [1.807, 2.05) is 54.6 Å². The first-order chi connectivity index (χ1) is 13.1. The van der Waals surface area contributed by atoms with E-state index in [1.165, 1.54) is 0 Å². The number of phenolic OH excluding ortho intramolecular Hbond substituents is 2. The van der Waals surface area contributed by atoms with E-state index in [-0.39, 0.29) is 23.4 Å². The highest BCUT2D eigenvalue weighted by atomic mass is 16.5. The van der Waals surface area contributed by atoms with E-state index >= 15 is 0 Å². The Kier molecular flexibility index (Phi) is 5.77. The standard InChI is InChI=1S/C23H22O4/c1-2-27-23(26)22(16-6-4-3-5-7-16)21(17-8-12-19(24)13-9-17)18-10-14-20(25)15-11-18/h3-15,21-22,24-25H,2H2,1H3. The summed E-state index contributed by atoms with van der Waals surface area (Å²) in [6.07, 6.45) is 0. The lowest BCUT2D eigenvalue weighted by Gasteiger charge is -2.27. The van der Waals surface area contributed by atoms with Crippen LogP contribution in [0.3, 0.4) is 0 Å². The molecule has 0 aliphatic carbocycles. The lowest BCUT2D eigenvalue weighted by atomic mass is 9.77.